The fraction of sp³-hybridized carbons (Fsp3) is 0.286. The summed E-state index contributed by atoms with van der Waals surface area (Å²) in [6.07, 6.45) is 0. The smallest absolute Gasteiger partial charge is 0.350 e. The second kappa shape index (κ2) is 10.9. The van der Waals surface area contributed by atoms with Gasteiger partial charge < -0.3 is 28.8 Å². The van der Waals surface area contributed by atoms with E-state index in [9.17, 15) is 19.5 Å². The highest BCUT2D eigenvalue weighted by Gasteiger charge is 2.48. The average molecular weight is 567 g/mol. The van der Waals surface area contributed by atoms with Gasteiger partial charge in [-0.15, -0.1) is 0 Å². The van der Waals surface area contributed by atoms with Crippen LogP contribution in [-0.2, 0) is 14.3 Å². The molecule has 1 N–H and O–H groups in total. The van der Waals surface area contributed by atoms with Crippen molar-refractivity contribution in [3.05, 3.63) is 63.7 Å². The molecule has 0 bridgehead atoms. The molecule has 0 radical (unpaired) electrons. The largest absolute Gasteiger partial charge is 0.507 e. The average Bonchev–Trinajstić information content (AvgIpc) is 3.48. The molecular formula is C28H26N2O9S. The van der Waals surface area contributed by atoms with E-state index in [0.717, 1.165) is 11.3 Å². The number of ether oxygens (including phenoxy) is 5. The van der Waals surface area contributed by atoms with Gasteiger partial charge in [-0.1, -0.05) is 17.4 Å². The summed E-state index contributed by atoms with van der Waals surface area (Å²) in [5.41, 5.74) is 0.884. The van der Waals surface area contributed by atoms with Gasteiger partial charge in [-0.2, -0.15) is 0 Å². The van der Waals surface area contributed by atoms with Gasteiger partial charge in [0.1, 0.15) is 23.9 Å². The van der Waals surface area contributed by atoms with Gasteiger partial charge >= 0.3 is 11.9 Å². The van der Waals surface area contributed by atoms with Crippen LogP contribution in [0.25, 0.3) is 5.76 Å². The van der Waals surface area contributed by atoms with Crippen molar-refractivity contribution in [1.82, 2.24) is 4.98 Å². The highest BCUT2D eigenvalue weighted by Crippen LogP contribution is 2.46. The van der Waals surface area contributed by atoms with E-state index < -0.39 is 29.5 Å². The number of thiazole rings is 1. The molecule has 0 saturated carbocycles. The molecule has 1 atom stereocenters. The van der Waals surface area contributed by atoms with Crippen LogP contribution >= 0.6 is 11.3 Å². The Kier molecular flexibility index (Phi) is 7.35. The number of methoxy groups -OCH3 is 2. The van der Waals surface area contributed by atoms with Crippen molar-refractivity contribution in [3.63, 3.8) is 0 Å². The van der Waals surface area contributed by atoms with E-state index in [1.807, 2.05) is 0 Å². The lowest BCUT2D eigenvalue weighted by Gasteiger charge is -2.24. The van der Waals surface area contributed by atoms with Gasteiger partial charge in [0.25, 0.3) is 5.78 Å². The van der Waals surface area contributed by atoms with Crippen LogP contribution in [0.15, 0.2) is 42.0 Å². The summed E-state index contributed by atoms with van der Waals surface area (Å²) in [5, 5.41) is 11.6. The van der Waals surface area contributed by atoms with Crippen LogP contribution in [-0.4, -0.2) is 61.8 Å². The third kappa shape index (κ3) is 4.60. The molecule has 2 aliphatic rings. The van der Waals surface area contributed by atoms with E-state index in [-0.39, 0.29) is 27.8 Å². The number of rotatable bonds is 7. The van der Waals surface area contributed by atoms with Gasteiger partial charge in [0, 0.05) is 5.56 Å². The molecule has 5 rings (SSSR count). The number of carbonyl (C=O) groups excluding carboxylic acids is 3. The summed E-state index contributed by atoms with van der Waals surface area (Å²) in [6.45, 7) is 4.19. The molecule has 1 fully saturated rings. The number of amides is 1. The molecule has 3 heterocycles. The van der Waals surface area contributed by atoms with E-state index >= 15 is 0 Å². The van der Waals surface area contributed by atoms with E-state index in [1.165, 1.54) is 19.1 Å². The lowest BCUT2D eigenvalue weighted by molar-refractivity contribution is -0.132. The summed E-state index contributed by atoms with van der Waals surface area (Å²) in [7, 11) is 2.95. The first-order chi connectivity index (χ1) is 19.3. The number of aliphatic hydroxyl groups is 1. The minimum Gasteiger partial charge on any atom is -0.507 e. The number of hydrogen-bond donors (Lipinski definition) is 1. The monoisotopic (exact) mass is 566 g/mol. The number of benzene rings is 2. The minimum absolute atomic E-state index is 0.101. The molecule has 3 aromatic rings. The molecule has 208 valence electrons. The highest BCUT2D eigenvalue weighted by atomic mass is 32.1. The maximum absolute atomic E-state index is 13.5. The second-order valence-corrected chi connectivity index (χ2v) is 9.75. The van der Waals surface area contributed by atoms with Crippen molar-refractivity contribution in [2.75, 3.05) is 38.9 Å². The van der Waals surface area contributed by atoms with Crippen molar-refractivity contribution in [2.24, 2.45) is 0 Å². The molecule has 1 amide bonds. The number of hydrogen-bond acceptors (Lipinski definition) is 11. The third-order valence-electron chi connectivity index (χ3n) is 6.44. The van der Waals surface area contributed by atoms with E-state index in [2.05, 4.69) is 4.98 Å². The predicted octanol–water partition coefficient (Wildman–Crippen LogP) is 4.04. The summed E-state index contributed by atoms with van der Waals surface area (Å²) in [6, 6.07) is 8.56. The van der Waals surface area contributed by atoms with E-state index in [1.54, 1.807) is 50.2 Å². The highest BCUT2D eigenvalue weighted by molar-refractivity contribution is 7.17. The number of fused-ring (bicyclic) bond motifs is 1. The van der Waals surface area contributed by atoms with Gasteiger partial charge in [0.2, 0.25) is 0 Å². The SMILES string of the molecule is CCOC(=O)c1sc(N2C(=O)C(=O)C(=C(O)c3ccc4c(c3)OCCO4)[C@@H]2c2ccc(OC)c(OC)c2)nc1C. The Morgan fingerprint density at radius 3 is 2.50 bits per heavy atom. The summed E-state index contributed by atoms with van der Waals surface area (Å²) < 4.78 is 27.1. The first-order valence-electron chi connectivity index (χ1n) is 12.4. The maximum Gasteiger partial charge on any atom is 0.350 e. The lowest BCUT2D eigenvalue weighted by atomic mass is 9.95. The van der Waals surface area contributed by atoms with Gasteiger partial charge in [0.15, 0.2) is 28.1 Å². The van der Waals surface area contributed by atoms with Crippen molar-refractivity contribution >= 4 is 39.9 Å². The molecular weight excluding hydrogens is 540 g/mol. The molecule has 40 heavy (non-hydrogen) atoms. The van der Waals surface area contributed by atoms with E-state index in [4.69, 9.17) is 23.7 Å². The van der Waals surface area contributed by atoms with Crippen LogP contribution in [0.3, 0.4) is 0 Å². The Bertz CT molecular complexity index is 1540. The Hall–Kier alpha value is -4.58. The zero-order valence-electron chi connectivity index (χ0n) is 22.2. The normalized spacial score (nSPS) is 17.6. The third-order valence-corrected chi connectivity index (χ3v) is 7.57. The Morgan fingerprint density at radius 1 is 1.07 bits per heavy atom. The van der Waals surface area contributed by atoms with Crippen molar-refractivity contribution in [2.45, 2.75) is 19.9 Å². The number of esters is 1. The van der Waals surface area contributed by atoms with E-state index in [0.29, 0.717) is 47.5 Å². The second-order valence-electron chi connectivity index (χ2n) is 8.77. The standard InChI is InChI=1S/C28H26N2O9S/c1-5-37-27(34)25-14(2)29-28(40-25)30-22(15-6-8-17(35-3)19(12-15)36-4)21(24(32)26(30)33)23(31)16-7-9-18-20(13-16)39-11-10-38-18/h6-9,12-13,22,31H,5,10-11H2,1-4H3/t22-/m0/s1. The molecule has 2 aromatic carbocycles. The number of carbonyl (C=O) groups is 3. The maximum atomic E-state index is 13.5. The molecule has 1 aromatic heterocycles. The van der Waals surface area contributed by atoms with Gasteiger partial charge in [-0.05, 0) is 49.7 Å². The van der Waals surface area contributed by atoms with Crippen molar-refractivity contribution < 1.29 is 43.2 Å². The van der Waals surface area contributed by atoms with Crippen LogP contribution in [0.2, 0.25) is 0 Å². The topological polar surface area (TPSA) is 134 Å². The minimum atomic E-state index is -1.10. The van der Waals surface area contributed by atoms with Crippen LogP contribution in [0.4, 0.5) is 5.13 Å². The number of aliphatic hydroxyl groups excluding tert-OH is 1. The summed E-state index contributed by atoms with van der Waals surface area (Å²) in [4.78, 5) is 45.4. The Balaban J connectivity index is 1.70. The molecule has 11 nitrogen and oxygen atoms in total. The number of aromatic nitrogens is 1. The zero-order valence-corrected chi connectivity index (χ0v) is 23.0. The molecule has 0 unspecified atom stereocenters. The Labute approximate surface area is 233 Å². The first kappa shape index (κ1) is 27.0. The van der Waals surface area contributed by atoms with Crippen molar-refractivity contribution in [3.8, 4) is 23.0 Å². The fourth-order valence-corrected chi connectivity index (χ4v) is 5.57. The molecule has 0 aliphatic carbocycles. The lowest BCUT2D eigenvalue weighted by Crippen LogP contribution is -2.29. The number of nitrogens with zero attached hydrogens (tertiary/aromatic N) is 2. The molecule has 1 saturated heterocycles. The summed E-state index contributed by atoms with van der Waals surface area (Å²) in [5.74, 6) is -1.13. The van der Waals surface area contributed by atoms with Crippen molar-refractivity contribution in [1.29, 1.82) is 0 Å². The number of aryl methyl sites for hydroxylation is 1. The molecule has 12 heteroatoms. The number of ketones is 1. The number of anilines is 1. The molecule has 2 aliphatic heterocycles. The van der Waals surface area contributed by atoms with Gasteiger partial charge in [0.05, 0.1) is 38.1 Å². The summed E-state index contributed by atoms with van der Waals surface area (Å²) >= 11 is 0.925. The predicted molar refractivity (Wildman–Crippen MR) is 145 cm³/mol. The van der Waals surface area contributed by atoms with Gasteiger partial charge in [-0.25, -0.2) is 9.78 Å². The zero-order chi connectivity index (χ0) is 28.6. The van der Waals surface area contributed by atoms with Crippen LogP contribution in [0.5, 0.6) is 23.0 Å². The van der Waals surface area contributed by atoms with Crippen LogP contribution in [0.1, 0.15) is 39.5 Å². The number of Topliss-reactive ketones (excluding diaryl/α,β-unsaturated/α-hetero) is 1. The van der Waals surface area contributed by atoms with Crippen LogP contribution in [0, 0.1) is 6.92 Å². The van der Waals surface area contributed by atoms with Gasteiger partial charge in [-0.3, -0.25) is 14.5 Å². The van der Waals surface area contributed by atoms with Crippen LogP contribution < -0.4 is 23.8 Å². The Morgan fingerprint density at radius 2 is 1.80 bits per heavy atom. The molecule has 0 spiro atoms. The first-order valence-corrected chi connectivity index (χ1v) is 13.2. The fourth-order valence-electron chi connectivity index (χ4n) is 4.59. The quantitative estimate of drug-likeness (QED) is 0.193.